The fourth-order valence-corrected chi connectivity index (χ4v) is 9.19. The van der Waals surface area contributed by atoms with Crippen LogP contribution in [-0.2, 0) is 0 Å². The summed E-state index contributed by atoms with van der Waals surface area (Å²) in [5.41, 5.74) is 15.0. The van der Waals surface area contributed by atoms with Crippen molar-refractivity contribution in [1.82, 2.24) is 19.9 Å². The molecule has 0 radical (unpaired) electrons. The standard InChI is InChI=1S/C58H37N5O4/c64-34-36-21-25-42(26-22-36)54-55(43-27-23-37(35-65)24-28-43)58-53(41-19-11-4-12-20-41)47-32-31-45(60-47)51(39-15-7-2-8-16-39)56-49(63(66)67)33-48(61-56)50(38-13-5-1-6-14-38)44-29-30-46(59-44)52(57(54)62-58)40-17-9-3-10-18-40/h1-35,59-60H. The van der Waals surface area contributed by atoms with Gasteiger partial charge in [-0.25, -0.2) is 9.97 Å². The molecule has 0 unspecified atom stereocenters. The second-order valence-corrected chi connectivity index (χ2v) is 16.2. The summed E-state index contributed by atoms with van der Waals surface area (Å²) >= 11 is 0. The number of carbonyl (C=O) groups is 2. The molecule has 6 aromatic carbocycles. The summed E-state index contributed by atoms with van der Waals surface area (Å²) < 4.78 is 0. The second kappa shape index (κ2) is 17.0. The molecule has 0 atom stereocenters. The molecule has 2 aliphatic rings. The molecule has 67 heavy (non-hydrogen) atoms. The van der Waals surface area contributed by atoms with Crippen molar-refractivity contribution in [3.05, 3.63) is 249 Å². The van der Waals surface area contributed by atoms with Gasteiger partial charge in [0.15, 0.2) is 5.69 Å². The van der Waals surface area contributed by atoms with E-state index in [-0.39, 0.29) is 16.3 Å². The molecule has 0 amide bonds. The Hall–Kier alpha value is -9.34. The minimum Gasteiger partial charge on any atom is -0.354 e. The highest BCUT2D eigenvalue weighted by molar-refractivity contribution is 6.13. The molecule has 0 saturated carbocycles. The number of H-pyrrole nitrogens is 2. The molecule has 2 N–H and O–H groups in total. The maximum absolute atomic E-state index is 13.2. The van der Waals surface area contributed by atoms with Crippen LogP contribution in [0.15, 0.2) is 194 Å². The summed E-state index contributed by atoms with van der Waals surface area (Å²) in [7, 11) is 0. The number of benzene rings is 6. The van der Waals surface area contributed by atoms with E-state index in [1.165, 1.54) is 0 Å². The van der Waals surface area contributed by atoms with E-state index in [9.17, 15) is 19.7 Å². The predicted octanol–water partition coefficient (Wildman–Crippen LogP) is 13.4. The van der Waals surface area contributed by atoms with Crippen LogP contribution in [0.5, 0.6) is 0 Å². The lowest BCUT2D eigenvalue weighted by molar-refractivity contribution is -0.374. The summed E-state index contributed by atoms with van der Waals surface area (Å²) in [5.74, 6) is 0. The van der Waals surface area contributed by atoms with Gasteiger partial charge in [-0.15, -0.1) is 0 Å². The van der Waals surface area contributed by atoms with Gasteiger partial charge in [0.2, 0.25) is 0 Å². The molecule has 0 saturated heterocycles. The van der Waals surface area contributed by atoms with Crippen LogP contribution in [0.1, 0.15) is 54.6 Å². The van der Waals surface area contributed by atoms with E-state index in [0.29, 0.717) is 55.9 Å². The lowest BCUT2D eigenvalue weighted by atomic mass is 9.87. The average molecular weight is 868 g/mol. The first kappa shape index (κ1) is 40.4. The van der Waals surface area contributed by atoms with Crippen LogP contribution < -0.4 is 0 Å². The molecule has 9 heteroatoms. The Labute approximate surface area is 384 Å². The van der Waals surface area contributed by atoms with Crippen molar-refractivity contribution in [3.63, 3.8) is 0 Å². The molecular formula is C58H37N5O4. The lowest BCUT2D eigenvalue weighted by Gasteiger charge is -2.14. The Kier molecular flexibility index (Phi) is 10.3. The Bertz CT molecular complexity index is 3650. The molecule has 9 aromatic rings. The number of rotatable bonds is 9. The normalized spacial score (nSPS) is 12.1. The Morgan fingerprint density at radius 3 is 1.09 bits per heavy atom. The third kappa shape index (κ3) is 7.26. The summed E-state index contributed by atoms with van der Waals surface area (Å²) in [6.45, 7) is 0. The third-order valence-corrected chi connectivity index (χ3v) is 12.2. The largest absolute Gasteiger partial charge is 0.354 e. The molecule has 3 aromatic heterocycles. The van der Waals surface area contributed by atoms with Gasteiger partial charge in [0, 0.05) is 72.7 Å². The Morgan fingerprint density at radius 1 is 0.388 bits per heavy atom. The fraction of sp³-hybridized carbons (Fsp3) is 0. The molecule has 8 bridgehead atoms. The maximum Gasteiger partial charge on any atom is 0.297 e. The molecule has 0 spiro atoms. The molecule has 0 fully saturated rings. The van der Waals surface area contributed by atoms with E-state index in [1.807, 2.05) is 170 Å². The number of aromatic nitrogens is 4. The van der Waals surface area contributed by atoms with Crippen LogP contribution in [0.25, 0.3) is 89.5 Å². The van der Waals surface area contributed by atoms with Crippen molar-refractivity contribution in [2.75, 3.05) is 0 Å². The zero-order valence-corrected chi connectivity index (χ0v) is 35.7. The zero-order chi connectivity index (χ0) is 45.4. The van der Waals surface area contributed by atoms with Crippen molar-refractivity contribution in [2.45, 2.75) is 0 Å². The van der Waals surface area contributed by atoms with Crippen molar-refractivity contribution in [2.24, 2.45) is 0 Å². The zero-order valence-electron chi connectivity index (χ0n) is 35.7. The van der Waals surface area contributed by atoms with Gasteiger partial charge in [-0.2, -0.15) is 0 Å². The molecule has 9 nitrogen and oxygen atoms in total. The monoisotopic (exact) mass is 867 g/mol. The van der Waals surface area contributed by atoms with Crippen molar-refractivity contribution >= 4 is 57.6 Å². The Morgan fingerprint density at radius 2 is 0.731 bits per heavy atom. The molecule has 11 rings (SSSR count). The third-order valence-electron chi connectivity index (χ3n) is 12.2. The Balaban J connectivity index is 1.43. The van der Waals surface area contributed by atoms with Crippen molar-refractivity contribution in [3.8, 4) is 44.5 Å². The van der Waals surface area contributed by atoms with Crippen LogP contribution in [0.3, 0.4) is 0 Å². The van der Waals surface area contributed by atoms with Crippen LogP contribution in [0.4, 0.5) is 0 Å². The number of hydrogen-bond donors (Lipinski definition) is 2. The van der Waals surface area contributed by atoms with E-state index < -0.39 is 0 Å². The first-order valence-corrected chi connectivity index (χ1v) is 21.7. The quantitative estimate of drug-likeness (QED) is 0.0842. The van der Waals surface area contributed by atoms with Gasteiger partial charge in [0.1, 0.15) is 12.6 Å². The van der Waals surface area contributed by atoms with E-state index >= 15 is 0 Å². The first-order valence-electron chi connectivity index (χ1n) is 21.7. The van der Waals surface area contributed by atoms with Gasteiger partial charge in [-0.05, 0) is 57.6 Å². The predicted molar refractivity (Wildman–Crippen MR) is 266 cm³/mol. The maximum atomic E-state index is 13.2. The van der Waals surface area contributed by atoms with Gasteiger partial charge in [-0.1, -0.05) is 170 Å². The molecular weight excluding hydrogens is 831 g/mol. The van der Waals surface area contributed by atoms with E-state index in [1.54, 1.807) is 18.2 Å². The van der Waals surface area contributed by atoms with Gasteiger partial charge < -0.3 is 9.97 Å². The summed E-state index contributed by atoms with van der Waals surface area (Å²) in [6, 6.07) is 62.4. The number of carbonyl (C=O) groups excluding carboxylic acids is 2. The van der Waals surface area contributed by atoms with Gasteiger partial charge in [0.25, 0.3) is 5.70 Å². The molecule has 318 valence electrons. The van der Waals surface area contributed by atoms with Gasteiger partial charge in [0.05, 0.1) is 22.0 Å². The van der Waals surface area contributed by atoms with Crippen LogP contribution in [-0.4, -0.2) is 37.4 Å². The highest BCUT2D eigenvalue weighted by Gasteiger charge is 2.32. The average Bonchev–Trinajstić information content (AvgIpc) is 4.22. The number of nitrogens with one attached hydrogen (secondary N) is 2. The number of hydrogen-bond acceptors (Lipinski definition) is 6. The van der Waals surface area contributed by atoms with Crippen LogP contribution in [0, 0.1) is 10.1 Å². The van der Waals surface area contributed by atoms with Crippen molar-refractivity contribution < 1.29 is 14.5 Å². The highest BCUT2D eigenvalue weighted by Crippen LogP contribution is 2.48. The summed E-state index contributed by atoms with van der Waals surface area (Å²) in [4.78, 5) is 55.5. The number of fused-ring (bicyclic) bond motifs is 8. The van der Waals surface area contributed by atoms with Gasteiger partial charge >= 0.3 is 0 Å². The van der Waals surface area contributed by atoms with E-state index in [2.05, 4.69) is 22.1 Å². The SMILES string of the molecule is O=Cc1ccc(C2=C(c3ccc(C=O)cc3)c3nc2c(-c2ccccc2)c2ccc([nH]2)c(-c2ccccc2)c2nc(c(-c4ccccc4)c4ccc([nH]4)c3-c3ccccc3)C([N+](=O)[O-])=C2)cc1. The smallest absolute Gasteiger partial charge is 0.297 e. The second-order valence-electron chi connectivity index (χ2n) is 16.2. The summed E-state index contributed by atoms with van der Waals surface area (Å²) in [6.07, 6.45) is 3.23. The molecule has 5 heterocycles. The van der Waals surface area contributed by atoms with Crippen LogP contribution >= 0.6 is 0 Å². The summed E-state index contributed by atoms with van der Waals surface area (Å²) in [5, 5.41) is 13.2. The molecule has 2 aliphatic heterocycles. The van der Waals surface area contributed by atoms with Crippen LogP contribution in [0.2, 0.25) is 0 Å². The minimum atomic E-state index is -0.362. The number of nitrogens with zero attached hydrogens (tertiary/aromatic N) is 3. The van der Waals surface area contributed by atoms with Crippen molar-refractivity contribution in [1.29, 1.82) is 0 Å². The van der Waals surface area contributed by atoms with Gasteiger partial charge in [-0.3, -0.25) is 19.7 Å². The molecule has 0 aliphatic carbocycles. The number of aldehydes is 2. The fourth-order valence-electron chi connectivity index (χ4n) is 9.19. The lowest BCUT2D eigenvalue weighted by Crippen LogP contribution is -1.98. The number of nitro groups is 1. The number of aromatic amines is 2. The minimum absolute atomic E-state index is 0.133. The first-order chi connectivity index (χ1) is 33.0. The highest BCUT2D eigenvalue weighted by atomic mass is 16.6. The van der Waals surface area contributed by atoms with E-state index in [4.69, 9.17) is 9.97 Å². The topological polar surface area (TPSA) is 135 Å². The van der Waals surface area contributed by atoms with E-state index in [0.717, 1.165) is 73.7 Å².